The molecular formula is C16H24N2O3S. The van der Waals surface area contributed by atoms with E-state index in [1.807, 2.05) is 24.3 Å². The highest BCUT2D eigenvalue weighted by atomic mass is 32.2. The van der Waals surface area contributed by atoms with Gasteiger partial charge in [-0.15, -0.1) is 0 Å². The number of piperidine rings is 1. The van der Waals surface area contributed by atoms with Crippen molar-refractivity contribution in [3.8, 4) is 5.75 Å². The van der Waals surface area contributed by atoms with Gasteiger partial charge in [0.2, 0.25) is 0 Å². The van der Waals surface area contributed by atoms with Crippen LogP contribution < -0.4 is 9.46 Å². The van der Waals surface area contributed by atoms with Gasteiger partial charge in [0.25, 0.3) is 10.2 Å². The maximum atomic E-state index is 12.6. The third kappa shape index (κ3) is 3.62. The number of nitrogens with zero attached hydrogens (tertiary/aromatic N) is 1. The second-order valence-electron chi connectivity index (χ2n) is 6.17. The quantitative estimate of drug-likeness (QED) is 0.874. The summed E-state index contributed by atoms with van der Waals surface area (Å²) in [6, 6.07) is 7.57. The maximum Gasteiger partial charge on any atom is 0.280 e. The minimum absolute atomic E-state index is 0.127. The van der Waals surface area contributed by atoms with Gasteiger partial charge >= 0.3 is 0 Å². The highest BCUT2D eigenvalue weighted by Crippen LogP contribution is 2.41. The van der Waals surface area contributed by atoms with Crippen molar-refractivity contribution in [1.82, 2.24) is 9.03 Å². The molecule has 1 saturated heterocycles. The number of nitrogens with one attached hydrogen (secondary N) is 1. The molecule has 2 fully saturated rings. The van der Waals surface area contributed by atoms with Crippen LogP contribution in [0.25, 0.3) is 0 Å². The molecule has 2 aliphatic rings. The third-order valence-corrected chi connectivity index (χ3v) is 6.10. The average Bonchev–Trinajstić information content (AvgIpc) is 3.38. The van der Waals surface area contributed by atoms with E-state index in [0.29, 0.717) is 19.0 Å². The van der Waals surface area contributed by atoms with Crippen molar-refractivity contribution in [1.29, 1.82) is 0 Å². The zero-order valence-corrected chi connectivity index (χ0v) is 13.8. The molecule has 1 aliphatic heterocycles. The number of benzene rings is 1. The summed E-state index contributed by atoms with van der Waals surface area (Å²) in [6.45, 7) is 1.27. The van der Waals surface area contributed by atoms with Crippen molar-refractivity contribution in [2.75, 3.05) is 20.2 Å². The molecule has 1 N–H and O–H groups in total. The fourth-order valence-electron chi connectivity index (χ4n) is 3.02. The lowest BCUT2D eigenvalue weighted by Crippen LogP contribution is -2.45. The molecule has 22 heavy (non-hydrogen) atoms. The standard InChI is InChI=1S/C16H24N2O3S/c1-21-15-9-7-14(8-10-15)16(13-5-6-13)17-22(19,20)18-11-3-2-4-12-18/h7-10,13,16-17H,2-6,11-12H2,1H3. The van der Waals surface area contributed by atoms with E-state index in [0.717, 1.165) is 43.4 Å². The summed E-state index contributed by atoms with van der Waals surface area (Å²) in [7, 11) is -1.77. The minimum atomic E-state index is -3.40. The van der Waals surface area contributed by atoms with E-state index in [-0.39, 0.29) is 6.04 Å². The van der Waals surface area contributed by atoms with Crippen molar-refractivity contribution >= 4 is 10.2 Å². The van der Waals surface area contributed by atoms with Crippen molar-refractivity contribution in [2.45, 2.75) is 38.1 Å². The first-order valence-corrected chi connectivity index (χ1v) is 9.45. The third-order valence-electron chi connectivity index (χ3n) is 4.50. The van der Waals surface area contributed by atoms with Crippen LogP contribution in [0.3, 0.4) is 0 Å². The Morgan fingerprint density at radius 3 is 2.32 bits per heavy atom. The molecule has 1 atom stereocenters. The lowest BCUT2D eigenvalue weighted by molar-refractivity contribution is 0.336. The number of methoxy groups -OCH3 is 1. The Balaban J connectivity index is 1.76. The van der Waals surface area contributed by atoms with Crippen molar-refractivity contribution in [2.24, 2.45) is 5.92 Å². The molecule has 0 amide bonds. The molecule has 1 unspecified atom stereocenters. The number of hydrogen-bond donors (Lipinski definition) is 1. The molecule has 1 heterocycles. The maximum absolute atomic E-state index is 12.6. The summed E-state index contributed by atoms with van der Waals surface area (Å²) in [4.78, 5) is 0. The number of rotatable bonds is 6. The fraction of sp³-hybridized carbons (Fsp3) is 0.625. The van der Waals surface area contributed by atoms with E-state index in [1.165, 1.54) is 0 Å². The summed E-state index contributed by atoms with van der Waals surface area (Å²) in [6.07, 6.45) is 5.20. The monoisotopic (exact) mass is 324 g/mol. The predicted molar refractivity (Wildman–Crippen MR) is 85.9 cm³/mol. The Morgan fingerprint density at radius 2 is 1.77 bits per heavy atom. The Bertz CT molecular complexity index is 590. The van der Waals surface area contributed by atoms with Crippen molar-refractivity contribution in [3.63, 3.8) is 0 Å². The highest BCUT2D eigenvalue weighted by molar-refractivity contribution is 7.87. The average molecular weight is 324 g/mol. The second kappa shape index (κ2) is 6.56. The normalized spacial score (nSPS) is 21.5. The van der Waals surface area contributed by atoms with E-state index in [4.69, 9.17) is 4.74 Å². The largest absolute Gasteiger partial charge is 0.497 e. The van der Waals surface area contributed by atoms with E-state index in [1.54, 1.807) is 11.4 Å². The van der Waals surface area contributed by atoms with Gasteiger partial charge in [-0.05, 0) is 49.3 Å². The molecule has 0 aromatic heterocycles. The van der Waals surface area contributed by atoms with Gasteiger partial charge in [0.05, 0.1) is 13.2 Å². The predicted octanol–water partition coefficient (Wildman–Crippen LogP) is 2.47. The molecule has 1 saturated carbocycles. The zero-order valence-electron chi connectivity index (χ0n) is 13.0. The Kier molecular flexibility index (Phi) is 4.70. The van der Waals surface area contributed by atoms with Crippen LogP contribution in [0.15, 0.2) is 24.3 Å². The molecule has 5 nitrogen and oxygen atoms in total. The van der Waals surface area contributed by atoms with Gasteiger partial charge in [0.15, 0.2) is 0 Å². The molecular weight excluding hydrogens is 300 g/mol. The Morgan fingerprint density at radius 1 is 1.14 bits per heavy atom. The summed E-state index contributed by atoms with van der Waals surface area (Å²) in [5, 5.41) is 0. The van der Waals surface area contributed by atoms with E-state index in [9.17, 15) is 8.42 Å². The number of ether oxygens (including phenoxy) is 1. The van der Waals surface area contributed by atoms with Gasteiger partial charge in [0.1, 0.15) is 5.75 Å². The summed E-state index contributed by atoms with van der Waals surface area (Å²) < 4.78 is 34.9. The van der Waals surface area contributed by atoms with Crippen LogP contribution in [0.4, 0.5) is 0 Å². The zero-order chi connectivity index (χ0) is 15.6. The topological polar surface area (TPSA) is 58.6 Å². The van der Waals surface area contributed by atoms with Crippen LogP contribution in [-0.2, 0) is 10.2 Å². The lowest BCUT2D eigenvalue weighted by atomic mass is 10.0. The number of hydrogen-bond acceptors (Lipinski definition) is 3. The fourth-order valence-corrected chi connectivity index (χ4v) is 4.55. The smallest absolute Gasteiger partial charge is 0.280 e. The molecule has 1 aromatic rings. The lowest BCUT2D eigenvalue weighted by Gasteiger charge is -2.29. The van der Waals surface area contributed by atoms with Gasteiger partial charge < -0.3 is 4.74 Å². The first-order chi connectivity index (χ1) is 10.6. The van der Waals surface area contributed by atoms with Crippen LogP contribution in [0.5, 0.6) is 5.75 Å². The van der Waals surface area contributed by atoms with Crippen LogP contribution >= 0.6 is 0 Å². The SMILES string of the molecule is COc1ccc(C(NS(=O)(=O)N2CCCCC2)C2CC2)cc1. The van der Waals surface area contributed by atoms with E-state index in [2.05, 4.69) is 4.72 Å². The first kappa shape index (κ1) is 15.8. The van der Waals surface area contributed by atoms with E-state index >= 15 is 0 Å². The highest BCUT2D eigenvalue weighted by Gasteiger charge is 2.36. The minimum Gasteiger partial charge on any atom is -0.497 e. The molecule has 3 rings (SSSR count). The van der Waals surface area contributed by atoms with Crippen molar-refractivity contribution in [3.05, 3.63) is 29.8 Å². The molecule has 122 valence electrons. The molecule has 1 aliphatic carbocycles. The molecule has 0 radical (unpaired) electrons. The van der Waals surface area contributed by atoms with Gasteiger partial charge in [-0.25, -0.2) is 0 Å². The van der Waals surface area contributed by atoms with Gasteiger partial charge in [-0.3, -0.25) is 0 Å². The second-order valence-corrected chi connectivity index (χ2v) is 7.87. The molecule has 1 aromatic carbocycles. The molecule has 0 spiro atoms. The van der Waals surface area contributed by atoms with Crippen LogP contribution in [0.2, 0.25) is 0 Å². The molecule has 0 bridgehead atoms. The molecule has 6 heteroatoms. The summed E-state index contributed by atoms with van der Waals surface area (Å²) >= 11 is 0. The van der Waals surface area contributed by atoms with Crippen LogP contribution in [-0.4, -0.2) is 32.9 Å². The van der Waals surface area contributed by atoms with Crippen LogP contribution in [0, 0.1) is 5.92 Å². The van der Waals surface area contributed by atoms with E-state index < -0.39 is 10.2 Å². The Hall–Kier alpha value is -1.11. The van der Waals surface area contributed by atoms with Gasteiger partial charge in [-0.1, -0.05) is 18.6 Å². The Labute approximate surface area is 132 Å². The van der Waals surface area contributed by atoms with Crippen LogP contribution in [0.1, 0.15) is 43.7 Å². The van der Waals surface area contributed by atoms with Gasteiger partial charge in [0, 0.05) is 13.1 Å². The summed E-state index contributed by atoms with van der Waals surface area (Å²) in [5.41, 5.74) is 1.02. The first-order valence-electron chi connectivity index (χ1n) is 8.01. The van der Waals surface area contributed by atoms with Gasteiger partial charge in [-0.2, -0.15) is 17.4 Å². The van der Waals surface area contributed by atoms with Crippen molar-refractivity contribution < 1.29 is 13.2 Å². The summed E-state index contributed by atoms with van der Waals surface area (Å²) in [5.74, 6) is 1.20.